The molecule has 48 heavy (non-hydrogen) atoms. The molecule has 4 aromatic rings. The molecule has 3 heterocycles. The van der Waals surface area contributed by atoms with Crippen molar-refractivity contribution in [3.8, 4) is 0 Å². The van der Waals surface area contributed by atoms with Gasteiger partial charge in [0.15, 0.2) is 17.0 Å². The molecule has 2 N–H and O–H groups in total. The van der Waals surface area contributed by atoms with Crippen LogP contribution in [-0.4, -0.2) is 96.5 Å². The van der Waals surface area contributed by atoms with Gasteiger partial charge in [-0.1, -0.05) is 11.8 Å². The molecule has 2 aromatic heterocycles. The number of hydrogen-bond donors (Lipinski definition) is 2. The van der Waals surface area contributed by atoms with E-state index >= 15 is 0 Å². The molecule has 0 atom stereocenters. The Morgan fingerprint density at radius 3 is 2.42 bits per heavy atom. The van der Waals surface area contributed by atoms with Crippen LogP contribution in [0.3, 0.4) is 0 Å². The fourth-order valence-electron chi connectivity index (χ4n) is 5.25. The molecule has 2 amide bonds. The molecule has 0 spiro atoms. The average molecular weight is 693 g/mol. The van der Waals surface area contributed by atoms with Crippen LogP contribution in [0.1, 0.15) is 29.6 Å². The summed E-state index contributed by atoms with van der Waals surface area (Å²) in [4.78, 5) is 40.2. The summed E-state index contributed by atoms with van der Waals surface area (Å²) in [7, 11) is 5.64. The maximum absolute atomic E-state index is 14.1. The number of amides is 2. The van der Waals surface area contributed by atoms with Gasteiger partial charge in [0.25, 0.3) is 5.91 Å². The lowest BCUT2D eigenvalue weighted by atomic mass is 10.0. The zero-order valence-electron chi connectivity index (χ0n) is 26.3. The van der Waals surface area contributed by atoms with E-state index in [1.54, 1.807) is 13.1 Å². The number of aromatic amines is 1. The van der Waals surface area contributed by atoms with E-state index in [0.29, 0.717) is 17.1 Å². The normalized spacial score (nSPS) is 14.0. The number of aromatic nitrogens is 4. The lowest BCUT2D eigenvalue weighted by Crippen LogP contribution is -2.50. The van der Waals surface area contributed by atoms with E-state index in [1.807, 2.05) is 23.9 Å². The maximum Gasteiger partial charge on any atom is 0.471 e. The van der Waals surface area contributed by atoms with Crippen molar-refractivity contribution in [1.82, 2.24) is 25.1 Å². The third-order valence-electron chi connectivity index (χ3n) is 7.58. The summed E-state index contributed by atoms with van der Waals surface area (Å²) in [6, 6.07) is 6.49. The van der Waals surface area contributed by atoms with Crippen molar-refractivity contribution in [1.29, 1.82) is 0 Å². The van der Waals surface area contributed by atoms with Gasteiger partial charge in [-0.2, -0.15) is 18.3 Å². The van der Waals surface area contributed by atoms with E-state index in [9.17, 15) is 31.5 Å². The minimum absolute atomic E-state index is 0.0917. The Kier molecular flexibility index (Phi) is 10.8. The Morgan fingerprint density at radius 2 is 1.75 bits per heavy atom. The minimum atomic E-state index is -5.22. The molecule has 1 fully saturated rings. The number of alkyl halides is 3. The van der Waals surface area contributed by atoms with Crippen LogP contribution in [0.25, 0.3) is 11.2 Å². The summed E-state index contributed by atoms with van der Waals surface area (Å²) in [5.74, 6) is -4.58. The van der Waals surface area contributed by atoms with Crippen molar-refractivity contribution >= 4 is 51.9 Å². The number of nitrogens with one attached hydrogen (secondary N) is 2. The number of anilines is 3. The van der Waals surface area contributed by atoms with Gasteiger partial charge in [0.1, 0.15) is 16.7 Å². The largest absolute Gasteiger partial charge is 0.471 e. The highest BCUT2D eigenvalue weighted by molar-refractivity contribution is 7.99. The van der Waals surface area contributed by atoms with Crippen LogP contribution >= 0.6 is 11.8 Å². The van der Waals surface area contributed by atoms with Crippen LogP contribution in [-0.2, 0) is 9.53 Å². The van der Waals surface area contributed by atoms with E-state index in [4.69, 9.17) is 4.74 Å². The van der Waals surface area contributed by atoms with Crippen LogP contribution in [0.2, 0.25) is 0 Å². The van der Waals surface area contributed by atoms with Crippen molar-refractivity contribution in [2.75, 3.05) is 62.6 Å². The first-order chi connectivity index (χ1) is 22.8. The Labute approximate surface area is 276 Å². The predicted octanol–water partition coefficient (Wildman–Crippen LogP) is 5.50. The molecule has 0 aliphatic carbocycles. The number of fused-ring (bicyclic) bond motifs is 1. The topological polar surface area (TPSA) is 120 Å². The zero-order valence-corrected chi connectivity index (χ0v) is 27.1. The first kappa shape index (κ1) is 35.0. The Balaban J connectivity index is 1.51. The SMILES string of the molecule is CN(C)CCCN(C)c1ccc(C(=O)Nc2n[nH]c3ncc(Sc4cc(F)cc(F)c4)nc23)c(N(C(=O)C(F)(F)F)C2CCOCC2)c1. The van der Waals surface area contributed by atoms with Crippen LogP contribution in [0.5, 0.6) is 0 Å². The third-order valence-corrected chi connectivity index (χ3v) is 8.46. The molecule has 5 rings (SSSR count). The van der Waals surface area contributed by atoms with Crippen molar-refractivity contribution in [2.45, 2.75) is 41.4 Å². The summed E-state index contributed by atoms with van der Waals surface area (Å²) in [6.45, 7) is 1.64. The smallest absolute Gasteiger partial charge is 0.381 e. The first-order valence-corrected chi connectivity index (χ1v) is 15.8. The number of rotatable bonds is 11. The van der Waals surface area contributed by atoms with Gasteiger partial charge < -0.3 is 24.8 Å². The zero-order chi connectivity index (χ0) is 34.6. The number of halogens is 5. The van der Waals surface area contributed by atoms with Crippen LogP contribution < -0.4 is 15.1 Å². The molecule has 256 valence electrons. The van der Waals surface area contributed by atoms with Crippen molar-refractivity contribution in [3.05, 3.63) is 59.8 Å². The maximum atomic E-state index is 14.1. The number of carbonyl (C=O) groups excluding carboxylic acids is 2. The molecule has 1 aliphatic rings. The summed E-state index contributed by atoms with van der Waals surface area (Å²) >= 11 is 0.921. The number of carbonyl (C=O) groups is 2. The minimum Gasteiger partial charge on any atom is -0.381 e. The van der Waals surface area contributed by atoms with Gasteiger partial charge in [-0.15, -0.1) is 0 Å². The molecule has 11 nitrogen and oxygen atoms in total. The monoisotopic (exact) mass is 692 g/mol. The highest BCUT2D eigenvalue weighted by Gasteiger charge is 2.46. The molecule has 1 saturated heterocycles. The molecule has 1 aliphatic heterocycles. The second-order valence-corrected chi connectivity index (χ2v) is 12.5. The quantitative estimate of drug-likeness (QED) is 0.197. The summed E-state index contributed by atoms with van der Waals surface area (Å²) in [6.07, 6.45) is -2.83. The molecule has 0 unspecified atom stereocenters. The Hall–Kier alpha value is -4.35. The number of hydrogen-bond acceptors (Lipinski definition) is 9. The number of benzene rings is 2. The molecular formula is C31H33F5N8O3S. The lowest BCUT2D eigenvalue weighted by Gasteiger charge is -2.36. The van der Waals surface area contributed by atoms with Gasteiger partial charge in [0.05, 0.1) is 17.4 Å². The fraction of sp³-hybridized carbons (Fsp3) is 0.387. The first-order valence-electron chi connectivity index (χ1n) is 14.9. The van der Waals surface area contributed by atoms with Crippen molar-refractivity contribution in [3.63, 3.8) is 0 Å². The van der Waals surface area contributed by atoms with E-state index in [1.165, 1.54) is 18.3 Å². The highest BCUT2D eigenvalue weighted by atomic mass is 32.2. The van der Waals surface area contributed by atoms with Crippen molar-refractivity contribution in [2.24, 2.45) is 0 Å². The van der Waals surface area contributed by atoms with Gasteiger partial charge >= 0.3 is 12.1 Å². The molecule has 2 aromatic carbocycles. The standard InChI is InChI=1S/C31H33F5N8O3S/c1-42(2)9-4-10-43(3)21-5-6-23(24(16-21)44(30(46)31(34,35)36)20-7-11-47-12-8-20)29(45)39-28-26-27(40-41-28)37-17-25(38-26)48-22-14-18(32)13-19(33)15-22/h5-6,13-17,20H,4,7-12H2,1-3H3,(H2,37,39,40,41,45). The van der Waals surface area contributed by atoms with E-state index in [2.05, 4.69) is 25.5 Å². The number of nitrogens with zero attached hydrogens (tertiary/aromatic N) is 6. The summed E-state index contributed by atoms with van der Waals surface area (Å²) in [5, 5.41) is 9.51. The molecule has 0 radical (unpaired) electrons. The predicted molar refractivity (Wildman–Crippen MR) is 170 cm³/mol. The fourth-order valence-corrected chi connectivity index (χ4v) is 6.08. The van der Waals surface area contributed by atoms with Crippen LogP contribution in [0.4, 0.5) is 39.1 Å². The second-order valence-electron chi connectivity index (χ2n) is 11.4. The molecular weight excluding hydrogens is 659 g/mol. The van der Waals surface area contributed by atoms with Gasteiger partial charge in [0.2, 0.25) is 0 Å². The lowest BCUT2D eigenvalue weighted by molar-refractivity contribution is -0.171. The second kappa shape index (κ2) is 14.8. The average Bonchev–Trinajstić information content (AvgIpc) is 3.42. The van der Waals surface area contributed by atoms with Crippen LogP contribution in [0, 0.1) is 11.6 Å². The molecule has 17 heteroatoms. The third kappa shape index (κ3) is 8.38. The van der Waals surface area contributed by atoms with Gasteiger partial charge in [-0.25, -0.2) is 18.7 Å². The van der Waals surface area contributed by atoms with Crippen LogP contribution in [0.15, 0.2) is 52.5 Å². The van der Waals surface area contributed by atoms with Gasteiger partial charge in [-0.3, -0.25) is 14.7 Å². The number of H-pyrrole nitrogens is 1. The van der Waals surface area contributed by atoms with E-state index in [0.717, 1.165) is 42.9 Å². The van der Waals surface area contributed by atoms with E-state index in [-0.39, 0.29) is 64.2 Å². The highest BCUT2D eigenvalue weighted by Crippen LogP contribution is 2.35. The summed E-state index contributed by atoms with van der Waals surface area (Å²) in [5.41, 5.74) is 0.366. The van der Waals surface area contributed by atoms with Gasteiger partial charge in [-0.05, 0) is 70.2 Å². The summed E-state index contributed by atoms with van der Waals surface area (Å²) < 4.78 is 75.1. The number of ether oxygens (including phenoxy) is 1. The Bertz CT molecular complexity index is 1760. The molecule has 0 saturated carbocycles. The van der Waals surface area contributed by atoms with Gasteiger partial charge in [0, 0.05) is 49.5 Å². The van der Waals surface area contributed by atoms with E-state index < -0.39 is 35.7 Å². The molecule has 0 bridgehead atoms. The van der Waals surface area contributed by atoms with Crippen molar-refractivity contribution < 1.29 is 36.3 Å². The Morgan fingerprint density at radius 1 is 1.04 bits per heavy atom.